The number of hydrogen-bond donors (Lipinski definition) is 1. The molecule has 148 valence electrons. The summed E-state index contributed by atoms with van der Waals surface area (Å²) in [5.74, 6) is -0.556. The predicted octanol–water partition coefficient (Wildman–Crippen LogP) is 4.02. The first kappa shape index (κ1) is 19.9. The van der Waals surface area contributed by atoms with E-state index in [9.17, 15) is 18.0 Å². The Morgan fingerprint density at radius 1 is 1.25 bits per heavy atom. The van der Waals surface area contributed by atoms with E-state index < -0.39 is 6.36 Å². The summed E-state index contributed by atoms with van der Waals surface area (Å²) in [6.45, 7) is 3.59. The lowest BCUT2D eigenvalue weighted by Crippen LogP contribution is -2.36. The first-order valence-electron chi connectivity index (χ1n) is 8.79. The number of nitrogens with one attached hydrogen (secondary N) is 1. The van der Waals surface area contributed by atoms with E-state index >= 15 is 0 Å². The molecule has 1 aromatic heterocycles. The zero-order chi connectivity index (χ0) is 20.1. The first-order chi connectivity index (χ1) is 13.3. The van der Waals surface area contributed by atoms with Crippen LogP contribution in [0.2, 0.25) is 0 Å². The Kier molecular flexibility index (Phi) is 5.99. The van der Waals surface area contributed by atoms with Crippen molar-refractivity contribution >= 4 is 17.2 Å². The number of pyridine rings is 1. The number of anilines is 1. The number of rotatable bonds is 5. The number of alkyl halides is 3. The van der Waals surface area contributed by atoms with Gasteiger partial charge >= 0.3 is 6.36 Å². The van der Waals surface area contributed by atoms with E-state index in [-0.39, 0.29) is 18.2 Å². The van der Waals surface area contributed by atoms with Crippen molar-refractivity contribution in [2.45, 2.75) is 19.7 Å². The molecule has 0 saturated carbocycles. The minimum Gasteiger partial charge on any atom is -0.406 e. The van der Waals surface area contributed by atoms with Crippen LogP contribution < -0.4 is 10.1 Å². The van der Waals surface area contributed by atoms with Crippen LogP contribution in [0.5, 0.6) is 5.75 Å². The molecule has 0 fully saturated rings. The summed E-state index contributed by atoms with van der Waals surface area (Å²) < 4.78 is 40.3. The highest BCUT2D eigenvalue weighted by atomic mass is 19.4. The average molecular weight is 391 g/mol. The van der Waals surface area contributed by atoms with E-state index in [2.05, 4.69) is 21.1 Å². The molecule has 8 heteroatoms. The first-order valence-corrected chi connectivity index (χ1v) is 8.79. The van der Waals surface area contributed by atoms with Crippen molar-refractivity contribution < 1.29 is 22.7 Å². The van der Waals surface area contributed by atoms with Gasteiger partial charge in [0.15, 0.2) is 0 Å². The van der Waals surface area contributed by atoms with Gasteiger partial charge in [-0.25, -0.2) is 0 Å². The van der Waals surface area contributed by atoms with Crippen LogP contribution in [-0.4, -0.2) is 41.8 Å². The van der Waals surface area contributed by atoms with Gasteiger partial charge in [0.1, 0.15) is 5.75 Å². The van der Waals surface area contributed by atoms with Crippen molar-refractivity contribution in [3.05, 3.63) is 59.9 Å². The molecule has 0 radical (unpaired) electrons. The van der Waals surface area contributed by atoms with E-state index in [1.807, 2.05) is 24.0 Å². The molecular formula is C20H20F3N3O2. The Hall–Kier alpha value is -2.87. The molecule has 3 rings (SSSR count). The maximum absolute atomic E-state index is 12.2. The minimum atomic E-state index is -4.74. The molecule has 0 unspecified atom stereocenters. The molecule has 1 aliphatic heterocycles. The van der Waals surface area contributed by atoms with Gasteiger partial charge in [-0.2, -0.15) is 0 Å². The van der Waals surface area contributed by atoms with Crippen molar-refractivity contribution in [3.8, 4) is 5.75 Å². The number of amides is 1. The van der Waals surface area contributed by atoms with Crippen LogP contribution in [0, 0.1) is 6.92 Å². The second-order valence-corrected chi connectivity index (χ2v) is 6.50. The van der Waals surface area contributed by atoms with E-state index in [1.54, 1.807) is 6.20 Å². The highest BCUT2D eigenvalue weighted by molar-refractivity contribution is 5.92. The van der Waals surface area contributed by atoms with Crippen molar-refractivity contribution in [1.82, 2.24) is 9.88 Å². The zero-order valence-electron chi connectivity index (χ0n) is 15.3. The Labute approximate surface area is 160 Å². The molecule has 2 heterocycles. The summed E-state index contributed by atoms with van der Waals surface area (Å²) in [7, 11) is 0. The maximum Gasteiger partial charge on any atom is 0.573 e. The van der Waals surface area contributed by atoms with E-state index in [0.717, 1.165) is 36.4 Å². The summed E-state index contributed by atoms with van der Waals surface area (Å²) >= 11 is 0. The van der Waals surface area contributed by atoms with Gasteiger partial charge in [0.2, 0.25) is 5.91 Å². The lowest BCUT2D eigenvalue weighted by Gasteiger charge is -2.26. The summed E-state index contributed by atoms with van der Waals surface area (Å²) in [5, 5.41) is 2.68. The van der Waals surface area contributed by atoms with Gasteiger partial charge in [-0.3, -0.25) is 14.7 Å². The highest BCUT2D eigenvalue weighted by Gasteiger charge is 2.31. The molecular weight excluding hydrogens is 371 g/mol. The molecule has 0 spiro atoms. The summed E-state index contributed by atoms with van der Waals surface area (Å²) in [6.07, 6.45) is -0.0861. The van der Waals surface area contributed by atoms with E-state index in [0.29, 0.717) is 12.2 Å². The molecule has 1 N–H and O–H groups in total. The number of nitrogens with zero attached hydrogens (tertiary/aromatic N) is 2. The number of hydrogen-bond acceptors (Lipinski definition) is 4. The van der Waals surface area contributed by atoms with Crippen LogP contribution in [-0.2, 0) is 4.79 Å². The Morgan fingerprint density at radius 3 is 2.61 bits per heavy atom. The molecule has 0 aliphatic carbocycles. The van der Waals surface area contributed by atoms with Crippen LogP contribution >= 0.6 is 0 Å². The second kappa shape index (κ2) is 8.43. The van der Waals surface area contributed by atoms with Crippen molar-refractivity contribution in [2.75, 3.05) is 25.0 Å². The summed E-state index contributed by atoms with van der Waals surface area (Å²) in [6, 6.07) is 8.99. The number of carbonyl (C=O) groups is 1. The van der Waals surface area contributed by atoms with Crippen molar-refractivity contribution in [3.63, 3.8) is 0 Å². The Bertz CT molecular complexity index is 864. The second-order valence-electron chi connectivity index (χ2n) is 6.50. The van der Waals surface area contributed by atoms with Gasteiger partial charge in [0.25, 0.3) is 0 Å². The van der Waals surface area contributed by atoms with Gasteiger partial charge in [0, 0.05) is 25.0 Å². The standard InChI is InChI=1S/C20H20F3N3O2/c1-14-3-2-10-24-19(14)15-8-11-26(12-9-15)13-18(27)25-16-4-6-17(7-5-16)28-20(21,22)23/h2-8,10H,9,11-13H2,1H3,(H,25,27). The number of aryl methyl sites for hydroxylation is 1. The topological polar surface area (TPSA) is 54.5 Å². The van der Waals surface area contributed by atoms with Crippen LogP contribution in [0.3, 0.4) is 0 Å². The summed E-state index contributed by atoms with van der Waals surface area (Å²) in [5.41, 5.74) is 3.71. The van der Waals surface area contributed by atoms with E-state index in [1.165, 1.54) is 17.7 Å². The number of benzene rings is 1. The van der Waals surface area contributed by atoms with Gasteiger partial charge < -0.3 is 10.1 Å². The third kappa shape index (κ3) is 5.56. The average Bonchev–Trinajstić information content (AvgIpc) is 2.63. The fraction of sp³-hybridized carbons (Fsp3) is 0.300. The van der Waals surface area contributed by atoms with Gasteiger partial charge in [0.05, 0.1) is 12.2 Å². The number of aromatic nitrogens is 1. The third-order valence-electron chi connectivity index (χ3n) is 4.35. The largest absolute Gasteiger partial charge is 0.573 e. The normalized spacial score (nSPS) is 15.1. The molecule has 0 saturated heterocycles. The highest BCUT2D eigenvalue weighted by Crippen LogP contribution is 2.25. The maximum atomic E-state index is 12.2. The van der Waals surface area contributed by atoms with Crippen molar-refractivity contribution in [1.29, 1.82) is 0 Å². The summed E-state index contributed by atoms with van der Waals surface area (Å²) in [4.78, 5) is 18.6. The van der Waals surface area contributed by atoms with Crippen LogP contribution in [0.25, 0.3) is 5.57 Å². The number of halogens is 3. The molecule has 1 amide bonds. The molecule has 28 heavy (non-hydrogen) atoms. The zero-order valence-corrected chi connectivity index (χ0v) is 15.3. The molecule has 1 aliphatic rings. The van der Waals surface area contributed by atoms with Gasteiger partial charge in [-0.1, -0.05) is 12.1 Å². The van der Waals surface area contributed by atoms with Crippen LogP contribution in [0.4, 0.5) is 18.9 Å². The van der Waals surface area contributed by atoms with E-state index in [4.69, 9.17) is 0 Å². The molecule has 1 aromatic carbocycles. The Morgan fingerprint density at radius 2 is 2.00 bits per heavy atom. The number of carbonyl (C=O) groups excluding carboxylic acids is 1. The predicted molar refractivity (Wildman–Crippen MR) is 99.8 cm³/mol. The van der Waals surface area contributed by atoms with Gasteiger partial charge in [-0.05, 0) is 54.8 Å². The van der Waals surface area contributed by atoms with Gasteiger partial charge in [-0.15, -0.1) is 13.2 Å². The Balaban J connectivity index is 1.51. The molecule has 5 nitrogen and oxygen atoms in total. The van der Waals surface area contributed by atoms with Crippen LogP contribution in [0.15, 0.2) is 48.7 Å². The van der Waals surface area contributed by atoms with Crippen molar-refractivity contribution in [2.24, 2.45) is 0 Å². The SMILES string of the molecule is Cc1cccnc1C1=CCN(CC(=O)Nc2ccc(OC(F)(F)F)cc2)CC1. The lowest BCUT2D eigenvalue weighted by atomic mass is 10.0. The smallest absolute Gasteiger partial charge is 0.406 e. The lowest BCUT2D eigenvalue weighted by molar-refractivity contribution is -0.274. The fourth-order valence-corrected chi connectivity index (χ4v) is 3.04. The minimum absolute atomic E-state index is 0.200. The molecule has 2 aromatic rings. The van der Waals surface area contributed by atoms with Crippen LogP contribution in [0.1, 0.15) is 17.7 Å². The third-order valence-corrected chi connectivity index (χ3v) is 4.35. The monoisotopic (exact) mass is 391 g/mol. The molecule has 0 bridgehead atoms. The quantitative estimate of drug-likeness (QED) is 0.837. The molecule has 0 atom stereocenters. The fourth-order valence-electron chi connectivity index (χ4n) is 3.04. The number of ether oxygens (including phenoxy) is 1.